The third-order valence-electron chi connectivity index (χ3n) is 2.33. The Hall–Kier alpha value is -2.31. The molecule has 0 aliphatic rings. The fraction of sp³-hybridized carbons (Fsp3) is 0. The first-order valence-electron chi connectivity index (χ1n) is 4.67. The van der Waals surface area contributed by atoms with Gasteiger partial charge in [0.1, 0.15) is 0 Å². The third-order valence-corrected chi connectivity index (χ3v) is 2.33. The smallest absolute Gasteiger partial charge is 0.328 e. The summed E-state index contributed by atoms with van der Waals surface area (Å²) in [5.74, 6) is -8.30. The van der Waals surface area contributed by atoms with Gasteiger partial charge in [0.2, 0.25) is 0 Å². The molecule has 2 rings (SSSR count). The molecule has 18 heavy (non-hydrogen) atoms. The zero-order valence-corrected chi connectivity index (χ0v) is 8.60. The fourth-order valence-electron chi connectivity index (χ4n) is 1.55. The number of hydrogen-bond donors (Lipinski definition) is 2. The van der Waals surface area contributed by atoms with Gasteiger partial charge in [-0.15, -0.1) is 0 Å². The molecule has 0 aliphatic carbocycles. The minimum Gasteiger partial charge on any atom is -0.478 e. The van der Waals surface area contributed by atoms with Crippen LogP contribution in [0.2, 0.25) is 0 Å². The molecule has 0 fully saturated rings. The number of benzene rings is 1. The zero-order valence-electron chi connectivity index (χ0n) is 8.60. The van der Waals surface area contributed by atoms with E-state index in [1.165, 1.54) is 0 Å². The van der Waals surface area contributed by atoms with Gasteiger partial charge in [-0.1, -0.05) is 0 Å². The monoisotopic (exact) mass is 259 g/mol. The predicted octanol–water partition coefficient (Wildman–Crippen LogP) is 2.82. The number of nitrogens with one attached hydrogen (secondary N) is 1. The number of hydrogen-bond acceptors (Lipinski definition) is 1. The van der Waals surface area contributed by atoms with E-state index in [0.717, 1.165) is 12.3 Å². The van der Waals surface area contributed by atoms with Gasteiger partial charge in [0.05, 0.1) is 5.52 Å². The Morgan fingerprint density at radius 1 is 1.11 bits per heavy atom. The molecule has 1 heterocycles. The lowest BCUT2D eigenvalue weighted by Gasteiger charge is -2.00. The topological polar surface area (TPSA) is 53.1 Å². The van der Waals surface area contributed by atoms with E-state index in [2.05, 4.69) is 4.98 Å². The van der Waals surface area contributed by atoms with Gasteiger partial charge in [-0.05, 0) is 6.08 Å². The van der Waals surface area contributed by atoms with E-state index in [0.29, 0.717) is 6.08 Å². The Bertz CT molecular complexity index is 675. The number of carboxylic acid groups (broad SMARTS) is 1. The highest BCUT2D eigenvalue weighted by Crippen LogP contribution is 2.29. The zero-order chi connectivity index (χ0) is 13.4. The Morgan fingerprint density at radius 2 is 1.72 bits per heavy atom. The number of carboxylic acids is 1. The van der Waals surface area contributed by atoms with E-state index in [1.807, 2.05) is 0 Å². The molecule has 0 spiro atoms. The van der Waals surface area contributed by atoms with E-state index >= 15 is 0 Å². The molecule has 3 nitrogen and oxygen atoms in total. The number of fused-ring (bicyclic) bond motifs is 1. The molecule has 0 amide bonds. The second-order valence-corrected chi connectivity index (χ2v) is 3.42. The minimum absolute atomic E-state index is 0.0947. The number of aromatic amines is 1. The summed E-state index contributed by atoms with van der Waals surface area (Å²) in [7, 11) is 0. The lowest BCUT2D eigenvalue weighted by atomic mass is 10.1. The molecule has 0 atom stereocenters. The average molecular weight is 259 g/mol. The number of aliphatic carboxylic acids is 1. The van der Waals surface area contributed by atoms with Crippen molar-refractivity contribution < 1.29 is 27.5 Å². The molecule has 0 saturated heterocycles. The second-order valence-electron chi connectivity index (χ2n) is 3.42. The Labute approximate surface area is 97.3 Å². The highest BCUT2D eigenvalue weighted by molar-refractivity contribution is 5.94. The second kappa shape index (κ2) is 4.17. The molecule has 1 aromatic carbocycles. The van der Waals surface area contributed by atoms with Crippen LogP contribution in [-0.4, -0.2) is 16.1 Å². The fourth-order valence-corrected chi connectivity index (χ4v) is 1.55. The van der Waals surface area contributed by atoms with Crippen molar-refractivity contribution in [3.63, 3.8) is 0 Å². The van der Waals surface area contributed by atoms with Crippen molar-refractivity contribution >= 4 is 22.9 Å². The highest BCUT2D eigenvalue weighted by atomic mass is 19.2. The molecular weight excluding hydrogens is 254 g/mol. The average Bonchev–Trinajstić information content (AvgIpc) is 2.75. The lowest BCUT2D eigenvalue weighted by Crippen LogP contribution is -1.97. The van der Waals surface area contributed by atoms with Crippen LogP contribution in [0.15, 0.2) is 12.3 Å². The summed E-state index contributed by atoms with van der Waals surface area (Å²) >= 11 is 0. The molecule has 2 aromatic rings. The molecule has 0 aliphatic heterocycles. The van der Waals surface area contributed by atoms with Crippen molar-refractivity contribution in [1.29, 1.82) is 0 Å². The van der Waals surface area contributed by atoms with E-state index in [9.17, 15) is 22.4 Å². The first-order valence-corrected chi connectivity index (χ1v) is 4.67. The van der Waals surface area contributed by atoms with Crippen molar-refractivity contribution in [3.05, 3.63) is 41.1 Å². The maximum Gasteiger partial charge on any atom is 0.328 e. The van der Waals surface area contributed by atoms with E-state index in [4.69, 9.17) is 5.11 Å². The van der Waals surface area contributed by atoms with Gasteiger partial charge in [-0.2, -0.15) is 0 Å². The van der Waals surface area contributed by atoms with Gasteiger partial charge in [0.15, 0.2) is 23.3 Å². The van der Waals surface area contributed by atoms with Gasteiger partial charge in [-0.25, -0.2) is 22.4 Å². The maximum absolute atomic E-state index is 13.5. The van der Waals surface area contributed by atoms with Crippen molar-refractivity contribution in [2.45, 2.75) is 0 Å². The number of aromatic nitrogens is 1. The summed E-state index contributed by atoms with van der Waals surface area (Å²) in [6.07, 6.45) is 2.66. The number of rotatable bonds is 2. The standard InChI is InChI=1S/C11H5F4NO2/c12-7-6-4(1-2-5(17)18)3-16-11(6)10(15)9(14)8(7)13/h1-3,16H,(H,17,18). The maximum atomic E-state index is 13.5. The van der Waals surface area contributed by atoms with Gasteiger partial charge in [-0.3, -0.25) is 0 Å². The van der Waals surface area contributed by atoms with Crippen LogP contribution in [0.3, 0.4) is 0 Å². The molecule has 0 bridgehead atoms. The third kappa shape index (κ3) is 1.73. The molecule has 2 N–H and O–H groups in total. The number of carbonyl (C=O) groups is 1. The highest BCUT2D eigenvalue weighted by Gasteiger charge is 2.22. The van der Waals surface area contributed by atoms with Crippen LogP contribution in [0.25, 0.3) is 17.0 Å². The molecule has 0 unspecified atom stereocenters. The van der Waals surface area contributed by atoms with Gasteiger partial charge in [0.25, 0.3) is 0 Å². The van der Waals surface area contributed by atoms with Gasteiger partial charge < -0.3 is 10.1 Å². The number of halogens is 4. The van der Waals surface area contributed by atoms with Gasteiger partial charge >= 0.3 is 5.97 Å². The van der Waals surface area contributed by atoms with Crippen LogP contribution in [0.5, 0.6) is 0 Å². The van der Waals surface area contributed by atoms with Crippen molar-refractivity contribution in [2.24, 2.45) is 0 Å². The van der Waals surface area contributed by atoms with Gasteiger partial charge in [0, 0.05) is 23.2 Å². The SMILES string of the molecule is O=C(O)C=Cc1c[nH]c2c(F)c(F)c(F)c(F)c12. The molecule has 0 saturated carbocycles. The molecular formula is C11H5F4NO2. The molecule has 0 radical (unpaired) electrons. The van der Waals surface area contributed by atoms with Crippen molar-refractivity contribution in [3.8, 4) is 0 Å². The van der Waals surface area contributed by atoms with E-state index in [-0.39, 0.29) is 5.56 Å². The van der Waals surface area contributed by atoms with Crippen LogP contribution in [0.1, 0.15) is 5.56 Å². The summed E-state index contributed by atoms with van der Waals surface area (Å²) < 4.78 is 52.7. The van der Waals surface area contributed by atoms with Crippen LogP contribution in [0.4, 0.5) is 17.6 Å². The lowest BCUT2D eigenvalue weighted by molar-refractivity contribution is -0.131. The molecule has 7 heteroatoms. The van der Waals surface area contributed by atoms with E-state index in [1.54, 1.807) is 0 Å². The van der Waals surface area contributed by atoms with Crippen molar-refractivity contribution in [1.82, 2.24) is 4.98 Å². The minimum atomic E-state index is -1.94. The first kappa shape index (κ1) is 12.2. The summed E-state index contributed by atoms with van der Waals surface area (Å²) in [4.78, 5) is 12.5. The first-order chi connectivity index (χ1) is 8.43. The Kier molecular flexibility index (Phi) is 2.82. The van der Waals surface area contributed by atoms with Crippen LogP contribution in [-0.2, 0) is 4.79 Å². The normalized spacial score (nSPS) is 11.6. The van der Waals surface area contributed by atoms with Crippen molar-refractivity contribution in [2.75, 3.05) is 0 Å². The summed E-state index contributed by atoms with van der Waals surface area (Å²) in [5, 5.41) is 7.87. The van der Waals surface area contributed by atoms with Crippen LogP contribution < -0.4 is 0 Å². The number of H-pyrrole nitrogens is 1. The van der Waals surface area contributed by atoms with Crippen LogP contribution in [0, 0.1) is 23.3 Å². The molecule has 1 aromatic heterocycles. The quantitative estimate of drug-likeness (QED) is 0.377. The summed E-state index contributed by atoms with van der Waals surface area (Å²) in [6.45, 7) is 0. The Morgan fingerprint density at radius 3 is 2.33 bits per heavy atom. The summed E-state index contributed by atoms with van der Waals surface area (Å²) in [5.41, 5.74) is -0.654. The predicted molar refractivity (Wildman–Crippen MR) is 54.8 cm³/mol. The molecule has 94 valence electrons. The Balaban J connectivity index is 2.77. The van der Waals surface area contributed by atoms with Crippen LogP contribution >= 0.6 is 0 Å². The summed E-state index contributed by atoms with van der Waals surface area (Å²) in [6, 6.07) is 0. The largest absolute Gasteiger partial charge is 0.478 e. The van der Waals surface area contributed by atoms with E-state index < -0.39 is 40.1 Å².